The van der Waals surface area contributed by atoms with Gasteiger partial charge in [0.25, 0.3) is 0 Å². The van der Waals surface area contributed by atoms with Crippen molar-refractivity contribution in [2.24, 2.45) is 5.92 Å². The Labute approximate surface area is 129 Å². The second-order valence-corrected chi connectivity index (χ2v) is 8.73. The second kappa shape index (κ2) is 6.10. The first-order valence-electron chi connectivity index (χ1n) is 7.52. The number of hydrogen-bond acceptors (Lipinski definition) is 4. The molecule has 2 fully saturated rings. The van der Waals surface area contributed by atoms with E-state index in [4.69, 9.17) is 0 Å². The standard InChI is InChI=1S/C16H22O2S2/c17-14-9-13(10-15(18)11-14)16(19-7-8-20-16)12-5-3-1-2-4-6-12/h9-12,17-18H,1-8H2. The minimum Gasteiger partial charge on any atom is -0.508 e. The largest absolute Gasteiger partial charge is 0.508 e. The molecule has 0 bridgehead atoms. The van der Waals surface area contributed by atoms with E-state index in [0.29, 0.717) is 5.92 Å². The zero-order valence-corrected chi connectivity index (χ0v) is 13.3. The van der Waals surface area contributed by atoms with Gasteiger partial charge in [-0.15, -0.1) is 23.5 Å². The highest BCUT2D eigenvalue weighted by molar-refractivity contribution is 8.20. The van der Waals surface area contributed by atoms with Gasteiger partial charge in [0.05, 0.1) is 4.08 Å². The molecule has 1 saturated carbocycles. The zero-order chi connectivity index (χ0) is 14.0. The fourth-order valence-corrected chi connectivity index (χ4v) is 7.14. The zero-order valence-electron chi connectivity index (χ0n) is 11.7. The van der Waals surface area contributed by atoms with Gasteiger partial charge in [0.15, 0.2) is 0 Å². The molecule has 1 aromatic carbocycles. The SMILES string of the molecule is Oc1cc(O)cc(C2(C3CCCCCC3)SCCS2)c1. The molecule has 0 amide bonds. The summed E-state index contributed by atoms with van der Waals surface area (Å²) in [6.07, 6.45) is 7.89. The quantitative estimate of drug-likeness (QED) is 0.777. The lowest BCUT2D eigenvalue weighted by Gasteiger charge is -2.36. The fourth-order valence-electron chi connectivity index (χ4n) is 3.52. The fraction of sp³-hybridized carbons (Fsp3) is 0.625. The lowest BCUT2D eigenvalue weighted by atomic mass is 9.91. The van der Waals surface area contributed by atoms with Gasteiger partial charge in [-0.3, -0.25) is 0 Å². The third-order valence-electron chi connectivity index (χ3n) is 4.41. The monoisotopic (exact) mass is 310 g/mol. The van der Waals surface area contributed by atoms with E-state index in [0.717, 1.165) is 17.1 Å². The molecule has 3 rings (SSSR count). The first-order valence-corrected chi connectivity index (χ1v) is 9.49. The first kappa shape index (κ1) is 14.5. The Morgan fingerprint density at radius 3 is 1.95 bits per heavy atom. The molecule has 2 aliphatic rings. The molecule has 0 radical (unpaired) electrons. The van der Waals surface area contributed by atoms with Crippen LogP contribution in [0.1, 0.15) is 44.1 Å². The maximum atomic E-state index is 9.84. The molecule has 4 heteroatoms. The van der Waals surface area contributed by atoms with E-state index >= 15 is 0 Å². The molecule has 0 unspecified atom stereocenters. The Balaban J connectivity index is 1.97. The maximum Gasteiger partial charge on any atom is 0.119 e. The van der Waals surface area contributed by atoms with Crippen LogP contribution in [0.4, 0.5) is 0 Å². The van der Waals surface area contributed by atoms with Crippen LogP contribution in [0.2, 0.25) is 0 Å². The number of hydrogen-bond donors (Lipinski definition) is 2. The summed E-state index contributed by atoms with van der Waals surface area (Å²) in [4.78, 5) is 0. The summed E-state index contributed by atoms with van der Waals surface area (Å²) in [5.74, 6) is 3.35. The normalized spacial score (nSPS) is 23.6. The minimum atomic E-state index is 0.0422. The summed E-state index contributed by atoms with van der Waals surface area (Å²) in [5.41, 5.74) is 1.11. The van der Waals surface area contributed by atoms with Crippen molar-refractivity contribution in [1.82, 2.24) is 0 Å². The van der Waals surface area contributed by atoms with Crippen LogP contribution in [0.3, 0.4) is 0 Å². The van der Waals surface area contributed by atoms with E-state index in [2.05, 4.69) is 0 Å². The molecule has 1 saturated heterocycles. The van der Waals surface area contributed by atoms with Gasteiger partial charge in [0.2, 0.25) is 0 Å². The highest BCUT2D eigenvalue weighted by atomic mass is 32.2. The molecule has 1 aromatic rings. The molecule has 2 nitrogen and oxygen atoms in total. The molecule has 1 aliphatic carbocycles. The van der Waals surface area contributed by atoms with Crippen LogP contribution in [0.15, 0.2) is 18.2 Å². The molecule has 1 aliphatic heterocycles. The van der Waals surface area contributed by atoms with Crippen molar-refractivity contribution >= 4 is 23.5 Å². The van der Waals surface area contributed by atoms with Crippen LogP contribution >= 0.6 is 23.5 Å². The van der Waals surface area contributed by atoms with Crippen molar-refractivity contribution in [3.8, 4) is 11.5 Å². The molecule has 110 valence electrons. The molecular weight excluding hydrogens is 288 g/mol. The Morgan fingerprint density at radius 1 is 0.850 bits per heavy atom. The summed E-state index contributed by atoms with van der Waals surface area (Å²) >= 11 is 4.03. The van der Waals surface area contributed by atoms with E-state index in [1.165, 1.54) is 44.6 Å². The Bertz CT molecular complexity index is 441. The smallest absolute Gasteiger partial charge is 0.119 e. The van der Waals surface area contributed by atoms with E-state index in [1.54, 1.807) is 0 Å². The summed E-state index contributed by atoms with van der Waals surface area (Å²) in [6.45, 7) is 0. The Hall–Kier alpha value is -0.480. The van der Waals surface area contributed by atoms with E-state index in [1.807, 2.05) is 35.7 Å². The van der Waals surface area contributed by atoms with Crippen LogP contribution < -0.4 is 0 Å². The summed E-state index contributed by atoms with van der Waals surface area (Å²) in [5, 5.41) is 19.7. The predicted octanol–water partition coefficient (Wildman–Crippen LogP) is 4.70. The predicted molar refractivity (Wildman–Crippen MR) is 87.6 cm³/mol. The number of benzene rings is 1. The van der Waals surface area contributed by atoms with Crippen molar-refractivity contribution in [3.63, 3.8) is 0 Å². The number of phenolic OH excluding ortho intramolecular Hbond substituents is 2. The van der Waals surface area contributed by atoms with Gasteiger partial charge in [-0.2, -0.15) is 0 Å². The number of phenols is 2. The van der Waals surface area contributed by atoms with Gasteiger partial charge < -0.3 is 10.2 Å². The Morgan fingerprint density at radius 2 is 1.40 bits per heavy atom. The molecule has 20 heavy (non-hydrogen) atoms. The van der Waals surface area contributed by atoms with Crippen LogP contribution in [0.25, 0.3) is 0 Å². The van der Waals surface area contributed by atoms with Crippen molar-refractivity contribution in [2.45, 2.75) is 42.6 Å². The average Bonchev–Trinajstić information content (AvgIpc) is 2.75. The van der Waals surface area contributed by atoms with E-state index in [9.17, 15) is 10.2 Å². The highest BCUT2D eigenvalue weighted by Gasteiger charge is 2.44. The molecule has 0 atom stereocenters. The van der Waals surface area contributed by atoms with Crippen molar-refractivity contribution in [2.75, 3.05) is 11.5 Å². The van der Waals surface area contributed by atoms with Crippen LogP contribution in [-0.4, -0.2) is 21.7 Å². The van der Waals surface area contributed by atoms with E-state index in [-0.39, 0.29) is 15.6 Å². The van der Waals surface area contributed by atoms with Gasteiger partial charge >= 0.3 is 0 Å². The van der Waals surface area contributed by atoms with Crippen molar-refractivity contribution in [3.05, 3.63) is 23.8 Å². The van der Waals surface area contributed by atoms with Crippen molar-refractivity contribution < 1.29 is 10.2 Å². The Kier molecular flexibility index (Phi) is 4.41. The van der Waals surface area contributed by atoms with Gasteiger partial charge in [0.1, 0.15) is 11.5 Å². The summed E-state index contributed by atoms with van der Waals surface area (Å²) in [7, 11) is 0. The average molecular weight is 310 g/mol. The lowest BCUT2D eigenvalue weighted by molar-refractivity contribution is 0.418. The van der Waals surface area contributed by atoms with E-state index < -0.39 is 0 Å². The summed E-state index contributed by atoms with van der Waals surface area (Å²) < 4.78 is 0.0422. The first-order chi connectivity index (χ1) is 9.71. The topological polar surface area (TPSA) is 40.5 Å². The van der Waals surface area contributed by atoms with Gasteiger partial charge in [0, 0.05) is 17.6 Å². The maximum absolute atomic E-state index is 9.84. The molecule has 1 heterocycles. The third-order valence-corrected chi connectivity index (χ3v) is 8.19. The minimum absolute atomic E-state index is 0.0422. The van der Waals surface area contributed by atoms with Crippen LogP contribution in [0, 0.1) is 5.92 Å². The number of aromatic hydroxyl groups is 2. The highest BCUT2D eigenvalue weighted by Crippen LogP contribution is 2.60. The van der Waals surface area contributed by atoms with Crippen LogP contribution in [-0.2, 0) is 4.08 Å². The second-order valence-electron chi connectivity index (χ2n) is 5.79. The number of rotatable bonds is 2. The van der Waals surface area contributed by atoms with Crippen LogP contribution in [0.5, 0.6) is 11.5 Å². The molecule has 0 spiro atoms. The molecule has 0 aromatic heterocycles. The van der Waals surface area contributed by atoms with Gasteiger partial charge in [-0.25, -0.2) is 0 Å². The number of thioether (sulfide) groups is 2. The lowest BCUT2D eigenvalue weighted by Crippen LogP contribution is -2.26. The molecule has 2 N–H and O–H groups in total. The van der Waals surface area contributed by atoms with Gasteiger partial charge in [-0.1, -0.05) is 25.7 Å². The van der Waals surface area contributed by atoms with Crippen molar-refractivity contribution in [1.29, 1.82) is 0 Å². The third kappa shape index (κ3) is 2.77. The van der Waals surface area contributed by atoms with Gasteiger partial charge in [-0.05, 0) is 36.5 Å². The summed E-state index contributed by atoms with van der Waals surface area (Å²) in [6, 6.07) is 5.14. The molecular formula is C16H22O2S2.